The molecule has 0 aliphatic carbocycles. The van der Waals surface area contributed by atoms with Gasteiger partial charge in [-0.2, -0.15) is 0 Å². The van der Waals surface area contributed by atoms with Crippen LogP contribution in [0.15, 0.2) is 4.79 Å². The number of carbonyl (C=O) groups excluding carboxylic acids is 1. The Morgan fingerprint density at radius 1 is 1.53 bits per heavy atom. The molecule has 0 unspecified atom stereocenters. The van der Waals surface area contributed by atoms with Crippen LogP contribution in [0.4, 0.5) is 5.95 Å². The number of aromatic amines is 1. The molecule has 0 saturated heterocycles. The van der Waals surface area contributed by atoms with Crippen LogP contribution in [-0.4, -0.2) is 52.6 Å². The number of aliphatic hydroxyl groups is 1. The van der Waals surface area contributed by atoms with E-state index in [1.54, 1.807) is 19.0 Å². The molecule has 1 aliphatic heterocycles. The van der Waals surface area contributed by atoms with Crippen molar-refractivity contribution in [2.24, 2.45) is 0 Å². The lowest BCUT2D eigenvalue weighted by Gasteiger charge is -2.29. The number of nitrogens with zero attached hydrogens (tertiary/aromatic N) is 3. The molecule has 2 rings (SSSR count). The van der Waals surface area contributed by atoms with Crippen molar-refractivity contribution in [1.82, 2.24) is 14.9 Å². The molecule has 19 heavy (non-hydrogen) atoms. The fourth-order valence-corrected chi connectivity index (χ4v) is 2.09. The minimum absolute atomic E-state index is 0.155. The molecule has 1 aromatic rings. The Labute approximate surface area is 110 Å². The summed E-state index contributed by atoms with van der Waals surface area (Å²) < 4.78 is 0. The minimum atomic E-state index is -1.03. The third-order valence-corrected chi connectivity index (χ3v) is 3.15. The number of aromatic nitrogens is 2. The number of nitrogens with one attached hydrogen (secondary N) is 1. The van der Waals surface area contributed by atoms with Crippen LogP contribution in [0.5, 0.6) is 0 Å². The van der Waals surface area contributed by atoms with Crippen LogP contribution in [0.2, 0.25) is 0 Å². The number of anilines is 1. The Kier molecular flexibility index (Phi) is 3.57. The lowest BCUT2D eigenvalue weighted by atomic mass is 10.1. The van der Waals surface area contributed by atoms with E-state index in [1.807, 2.05) is 0 Å². The van der Waals surface area contributed by atoms with Gasteiger partial charge in [-0.05, 0) is 13.3 Å². The van der Waals surface area contributed by atoms with Crippen molar-refractivity contribution in [3.63, 3.8) is 0 Å². The van der Waals surface area contributed by atoms with E-state index in [9.17, 15) is 14.7 Å². The largest absolute Gasteiger partial charge is 0.384 e. The van der Waals surface area contributed by atoms with Crippen LogP contribution in [0.3, 0.4) is 0 Å². The second-order valence-corrected chi connectivity index (χ2v) is 4.89. The molecule has 104 valence electrons. The number of H-pyrrole nitrogens is 1. The van der Waals surface area contributed by atoms with Gasteiger partial charge in [0.2, 0.25) is 5.95 Å². The SMILES string of the molecule is C[C@@H](O)C(=O)N1CCc2c(nc(N(C)C)[nH]c2=O)C1. The zero-order valence-corrected chi connectivity index (χ0v) is 11.3. The number of fused-ring (bicyclic) bond motifs is 1. The maximum absolute atomic E-state index is 11.9. The zero-order chi connectivity index (χ0) is 14.2. The Balaban J connectivity index is 2.34. The maximum atomic E-state index is 11.9. The zero-order valence-electron chi connectivity index (χ0n) is 11.3. The first-order valence-electron chi connectivity index (χ1n) is 6.16. The van der Waals surface area contributed by atoms with Gasteiger partial charge in [0.1, 0.15) is 6.10 Å². The second-order valence-electron chi connectivity index (χ2n) is 4.89. The highest BCUT2D eigenvalue weighted by molar-refractivity contribution is 5.80. The predicted molar refractivity (Wildman–Crippen MR) is 70.0 cm³/mol. The molecule has 0 saturated carbocycles. The van der Waals surface area contributed by atoms with Gasteiger partial charge >= 0.3 is 0 Å². The van der Waals surface area contributed by atoms with Crippen LogP contribution >= 0.6 is 0 Å². The Morgan fingerprint density at radius 3 is 2.79 bits per heavy atom. The highest BCUT2D eigenvalue weighted by Gasteiger charge is 2.26. The second kappa shape index (κ2) is 5.00. The van der Waals surface area contributed by atoms with Gasteiger partial charge in [0.05, 0.1) is 12.2 Å². The number of hydrogen-bond acceptors (Lipinski definition) is 5. The van der Waals surface area contributed by atoms with Gasteiger partial charge in [0.15, 0.2) is 0 Å². The van der Waals surface area contributed by atoms with E-state index in [-0.39, 0.29) is 18.0 Å². The summed E-state index contributed by atoms with van der Waals surface area (Å²) in [6.07, 6.45) is -0.569. The molecule has 0 fully saturated rings. The minimum Gasteiger partial charge on any atom is -0.384 e. The molecule has 2 N–H and O–H groups in total. The smallest absolute Gasteiger partial charge is 0.255 e. The van der Waals surface area contributed by atoms with Gasteiger partial charge in [-0.1, -0.05) is 0 Å². The van der Waals surface area contributed by atoms with E-state index < -0.39 is 6.10 Å². The normalized spacial score (nSPS) is 15.9. The molecule has 1 aliphatic rings. The van der Waals surface area contributed by atoms with Crippen LogP contribution in [0, 0.1) is 0 Å². The van der Waals surface area contributed by atoms with Crippen molar-refractivity contribution in [3.8, 4) is 0 Å². The summed E-state index contributed by atoms with van der Waals surface area (Å²) in [5, 5.41) is 9.33. The van der Waals surface area contributed by atoms with E-state index >= 15 is 0 Å². The number of aliphatic hydroxyl groups excluding tert-OH is 1. The molecule has 0 bridgehead atoms. The highest BCUT2D eigenvalue weighted by atomic mass is 16.3. The molecular weight excluding hydrogens is 248 g/mol. The molecule has 0 aromatic carbocycles. The van der Waals surface area contributed by atoms with E-state index in [4.69, 9.17) is 0 Å². The third kappa shape index (κ3) is 2.60. The molecule has 1 atom stereocenters. The molecule has 1 amide bonds. The fourth-order valence-electron chi connectivity index (χ4n) is 2.09. The first-order chi connectivity index (χ1) is 8.90. The van der Waals surface area contributed by atoms with Crippen molar-refractivity contribution in [3.05, 3.63) is 21.6 Å². The summed E-state index contributed by atoms with van der Waals surface area (Å²) in [6, 6.07) is 0. The van der Waals surface area contributed by atoms with Crippen molar-refractivity contribution in [2.75, 3.05) is 25.5 Å². The lowest BCUT2D eigenvalue weighted by Crippen LogP contribution is -2.43. The van der Waals surface area contributed by atoms with E-state index in [2.05, 4.69) is 9.97 Å². The first-order valence-corrected chi connectivity index (χ1v) is 6.16. The van der Waals surface area contributed by atoms with Gasteiger partial charge in [0, 0.05) is 26.2 Å². The molecular formula is C12H18N4O3. The summed E-state index contributed by atoms with van der Waals surface area (Å²) in [4.78, 5) is 34.0. The summed E-state index contributed by atoms with van der Waals surface area (Å²) in [7, 11) is 3.57. The molecule has 2 heterocycles. The molecule has 0 radical (unpaired) electrons. The third-order valence-electron chi connectivity index (χ3n) is 3.15. The summed E-state index contributed by atoms with van der Waals surface area (Å²) >= 11 is 0. The highest BCUT2D eigenvalue weighted by Crippen LogP contribution is 2.16. The Morgan fingerprint density at radius 2 is 2.21 bits per heavy atom. The van der Waals surface area contributed by atoms with Crippen molar-refractivity contribution >= 4 is 11.9 Å². The summed E-state index contributed by atoms with van der Waals surface area (Å²) in [5.74, 6) is 0.134. The standard InChI is InChI=1S/C12H18N4O3/c1-7(17)11(19)16-5-4-8-9(6-16)13-12(15(2)3)14-10(8)18/h7,17H,4-6H2,1-3H3,(H,13,14,18)/t7-/m1/s1. The molecule has 1 aromatic heterocycles. The van der Waals surface area contributed by atoms with Crippen LogP contribution in [0.1, 0.15) is 18.2 Å². The van der Waals surface area contributed by atoms with E-state index in [0.29, 0.717) is 30.2 Å². The molecule has 7 heteroatoms. The quantitative estimate of drug-likeness (QED) is 0.724. The topological polar surface area (TPSA) is 89.5 Å². The lowest BCUT2D eigenvalue weighted by molar-refractivity contribution is -0.140. The first kappa shape index (κ1) is 13.5. The van der Waals surface area contributed by atoms with Crippen LogP contribution in [0.25, 0.3) is 0 Å². The van der Waals surface area contributed by atoms with Crippen molar-refractivity contribution in [1.29, 1.82) is 0 Å². The van der Waals surface area contributed by atoms with Gasteiger partial charge in [-0.3, -0.25) is 14.6 Å². The number of amides is 1. The number of carbonyl (C=O) groups is 1. The van der Waals surface area contributed by atoms with Crippen molar-refractivity contribution in [2.45, 2.75) is 26.0 Å². The number of rotatable bonds is 2. The van der Waals surface area contributed by atoms with E-state index in [0.717, 1.165) is 0 Å². The monoisotopic (exact) mass is 266 g/mol. The van der Waals surface area contributed by atoms with Crippen LogP contribution < -0.4 is 10.5 Å². The predicted octanol–water partition coefficient (Wildman–Crippen LogP) is -0.899. The molecule has 0 spiro atoms. The maximum Gasteiger partial charge on any atom is 0.255 e. The summed E-state index contributed by atoms with van der Waals surface area (Å²) in [5.41, 5.74) is 1.07. The van der Waals surface area contributed by atoms with Gasteiger partial charge in [-0.15, -0.1) is 0 Å². The van der Waals surface area contributed by atoms with Crippen molar-refractivity contribution < 1.29 is 9.90 Å². The summed E-state index contributed by atoms with van der Waals surface area (Å²) in [6.45, 7) is 2.14. The average Bonchev–Trinajstić information content (AvgIpc) is 2.36. The van der Waals surface area contributed by atoms with Crippen LogP contribution in [-0.2, 0) is 17.8 Å². The average molecular weight is 266 g/mol. The Bertz CT molecular complexity index is 550. The van der Waals surface area contributed by atoms with E-state index in [1.165, 1.54) is 11.8 Å². The van der Waals surface area contributed by atoms with Gasteiger partial charge in [-0.25, -0.2) is 4.98 Å². The van der Waals surface area contributed by atoms with Gasteiger partial charge in [0.25, 0.3) is 11.5 Å². The fraction of sp³-hybridized carbons (Fsp3) is 0.583. The van der Waals surface area contributed by atoms with Gasteiger partial charge < -0.3 is 14.9 Å². The number of hydrogen-bond donors (Lipinski definition) is 2. The molecule has 7 nitrogen and oxygen atoms in total. The Hall–Kier alpha value is -1.89.